The van der Waals surface area contributed by atoms with E-state index in [2.05, 4.69) is 12.2 Å². The van der Waals surface area contributed by atoms with Crippen LogP contribution in [0.5, 0.6) is 0 Å². The molecule has 2 atom stereocenters. The Balaban J connectivity index is 2.41. The quantitative estimate of drug-likeness (QED) is 0.653. The fourth-order valence-electron chi connectivity index (χ4n) is 1.89. The predicted molar refractivity (Wildman–Crippen MR) is 51.8 cm³/mol. The summed E-state index contributed by atoms with van der Waals surface area (Å²) in [5.74, 6) is -1.04. The summed E-state index contributed by atoms with van der Waals surface area (Å²) in [5.41, 5.74) is 0. The molecule has 80 valence electrons. The summed E-state index contributed by atoms with van der Waals surface area (Å²) in [5, 5.41) is 11.3. The number of amides is 1. The highest BCUT2D eigenvalue weighted by molar-refractivity contribution is 5.87. The molecule has 1 saturated heterocycles. The molecule has 14 heavy (non-hydrogen) atoms. The van der Waals surface area contributed by atoms with Crippen molar-refractivity contribution in [1.82, 2.24) is 5.32 Å². The van der Waals surface area contributed by atoms with Crippen molar-refractivity contribution in [3.63, 3.8) is 0 Å². The molecule has 1 unspecified atom stereocenters. The van der Waals surface area contributed by atoms with Crippen LogP contribution in [0, 0.1) is 5.92 Å². The molecule has 0 radical (unpaired) electrons. The van der Waals surface area contributed by atoms with E-state index in [0.717, 1.165) is 25.7 Å². The number of hydrogen-bond donors (Lipinski definition) is 2. The summed E-state index contributed by atoms with van der Waals surface area (Å²) in [7, 11) is 0. The number of rotatable bonds is 5. The number of carbonyl (C=O) groups is 2. The molecule has 4 heteroatoms. The lowest BCUT2D eigenvalue weighted by Gasteiger charge is -2.13. The maximum atomic E-state index is 11.0. The zero-order valence-electron chi connectivity index (χ0n) is 8.45. The van der Waals surface area contributed by atoms with Crippen molar-refractivity contribution in [2.24, 2.45) is 5.92 Å². The van der Waals surface area contributed by atoms with Gasteiger partial charge in [0.1, 0.15) is 6.04 Å². The fraction of sp³-hybridized carbons (Fsp3) is 0.800. The lowest BCUT2D eigenvalue weighted by atomic mass is 9.94. The summed E-state index contributed by atoms with van der Waals surface area (Å²) >= 11 is 0. The van der Waals surface area contributed by atoms with Gasteiger partial charge in [-0.15, -0.1) is 0 Å². The van der Waals surface area contributed by atoms with Crippen LogP contribution in [0.4, 0.5) is 0 Å². The van der Waals surface area contributed by atoms with E-state index in [0.29, 0.717) is 6.42 Å². The highest BCUT2D eigenvalue weighted by Gasteiger charge is 2.36. The van der Waals surface area contributed by atoms with E-state index in [1.807, 2.05) is 0 Å². The molecule has 1 amide bonds. The molecule has 0 aromatic rings. The molecule has 1 rings (SSSR count). The minimum absolute atomic E-state index is 0.00782. The summed E-state index contributed by atoms with van der Waals surface area (Å²) in [4.78, 5) is 21.8. The Morgan fingerprint density at radius 3 is 2.86 bits per heavy atom. The van der Waals surface area contributed by atoms with Crippen LogP contribution in [0.15, 0.2) is 0 Å². The number of hydrogen-bond acceptors (Lipinski definition) is 2. The van der Waals surface area contributed by atoms with Crippen molar-refractivity contribution in [1.29, 1.82) is 0 Å². The van der Waals surface area contributed by atoms with Gasteiger partial charge in [0.25, 0.3) is 0 Å². The third-order valence-corrected chi connectivity index (χ3v) is 2.68. The first-order chi connectivity index (χ1) is 6.65. The highest BCUT2D eigenvalue weighted by Crippen LogP contribution is 2.23. The molecule has 1 aliphatic heterocycles. The molecule has 0 aromatic carbocycles. The first-order valence-corrected chi connectivity index (χ1v) is 5.17. The van der Waals surface area contributed by atoms with Crippen molar-refractivity contribution in [3.8, 4) is 0 Å². The molecule has 1 heterocycles. The van der Waals surface area contributed by atoms with Gasteiger partial charge < -0.3 is 10.4 Å². The molecule has 0 bridgehead atoms. The standard InChI is InChI=1S/C10H17NO3/c1-2-3-4-5-7-6-8(12)11-9(7)10(13)14/h7,9H,2-6H2,1H3,(H,11,12)(H,13,14)/t7?,9-/m0/s1. The second-order valence-electron chi connectivity index (χ2n) is 3.84. The Labute approximate surface area is 83.7 Å². The van der Waals surface area contributed by atoms with Crippen LogP contribution in [0.3, 0.4) is 0 Å². The van der Waals surface area contributed by atoms with Crippen LogP contribution in [0.1, 0.15) is 39.0 Å². The predicted octanol–water partition coefficient (Wildman–Crippen LogP) is 1.16. The Bertz CT molecular complexity index is 227. The molecule has 0 saturated carbocycles. The van der Waals surface area contributed by atoms with Crippen molar-refractivity contribution in [2.45, 2.75) is 45.1 Å². The Morgan fingerprint density at radius 1 is 1.57 bits per heavy atom. The maximum absolute atomic E-state index is 11.0. The summed E-state index contributed by atoms with van der Waals surface area (Å²) in [6.45, 7) is 2.10. The van der Waals surface area contributed by atoms with E-state index in [1.54, 1.807) is 0 Å². The van der Waals surface area contributed by atoms with Crippen molar-refractivity contribution in [2.75, 3.05) is 0 Å². The largest absolute Gasteiger partial charge is 0.480 e. The molecular weight excluding hydrogens is 182 g/mol. The SMILES string of the molecule is CCCCCC1CC(=O)N[C@@H]1C(=O)O. The van der Waals surface area contributed by atoms with Gasteiger partial charge in [-0.3, -0.25) is 4.79 Å². The zero-order valence-corrected chi connectivity index (χ0v) is 8.45. The van der Waals surface area contributed by atoms with Gasteiger partial charge in [0.05, 0.1) is 0 Å². The van der Waals surface area contributed by atoms with E-state index in [1.165, 1.54) is 0 Å². The average molecular weight is 199 g/mol. The van der Waals surface area contributed by atoms with E-state index in [9.17, 15) is 9.59 Å². The Hall–Kier alpha value is -1.06. The van der Waals surface area contributed by atoms with Crippen LogP contribution in [-0.2, 0) is 9.59 Å². The summed E-state index contributed by atoms with van der Waals surface area (Å²) in [6, 6.07) is -0.653. The van der Waals surface area contributed by atoms with Crippen LogP contribution in [-0.4, -0.2) is 23.0 Å². The third-order valence-electron chi connectivity index (χ3n) is 2.68. The lowest BCUT2D eigenvalue weighted by Crippen LogP contribution is -2.36. The number of carbonyl (C=O) groups excluding carboxylic acids is 1. The second kappa shape index (κ2) is 4.98. The third kappa shape index (κ3) is 2.72. The summed E-state index contributed by atoms with van der Waals surface area (Å²) in [6.07, 6.45) is 4.45. The van der Waals surface area contributed by atoms with Gasteiger partial charge in [-0.05, 0) is 12.3 Å². The zero-order chi connectivity index (χ0) is 10.6. The Kier molecular flexibility index (Phi) is 3.92. The lowest BCUT2D eigenvalue weighted by molar-refractivity contribution is -0.140. The smallest absolute Gasteiger partial charge is 0.326 e. The number of aliphatic carboxylic acids is 1. The number of carboxylic acid groups (broad SMARTS) is 1. The van der Waals surface area contributed by atoms with Gasteiger partial charge >= 0.3 is 5.97 Å². The molecule has 0 aliphatic carbocycles. The Morgan fingerprint density at radius 2 is 2.29 bits per heavy atom. The van der Waals surface area contributed by atoms with Gasteiger partial charge in [-0.25, -0.2) is 4.79 Å². The van der Waals surface area contributed by atoms with E-state index >= 15 is 0 Å². The van der Waals surface area contributed by atoms with Crippen molar-refractivity contribution < 1.29 is 14.7 Å². The van der Waals surface area contributed by atoms with Crippen molar-refractivity contribution >= 4 is 11.9 Å². The van der Waals surface area contributed by atoms with Crippen LogP contribution in [0.25, 0.3) is 0 Å². The minimum Gasteiger partial charge on any atom is -0.480 e. The minimum atomic E-state index is -0.905. The van der Waals surface area contributed by atoms with Crippen LogP contribution >= 0.6 is 0 Å². The number of unbranched alkanes of at least 4 members (excludes halogenated alkanes) is 2. The summed E-state index contributed by atoms with van der Waals surface area (Å²) < 4.78 is 0. The van der Waals surface area contributed by atoms with E-state index < -0.39 is 12.0 Å². The molecule has 1 aliphatic rings. The molecule has 0 aromatic heterocycles. The number of carboxylic acids is 1. The van der Waals surface area contributed by atoms with Gasteiger partial charge in [0.2, 0.25) is 5.91 Å². The molecular formula is C10H17NO3. The normalized spacial score (nSPS) is 26.2. The number of nitrogens with one attached hydrogen (secondary N) is 1. The monoisotopic (exact) mass is 199 g/mol. The van der Waals surface area contributed by atoms with Gasteiger partial charge in [0, 0.05) is 6.42 Å². The first-order valence-electron chi connectivity index (χ1n) is 5.17. The van der Waals surface area contributed by atoms with Crippen molar-refractivity contribution in [3.05, 3.63) is 0 Å². The van der Waals surface area contributed by atoms with Crippen LogP contribution in [0.2, 0.25) is 0 Å². The fourth-order valence-corrected chi connectivity index (χ4v) is 1.89. The van der Waals surface area contributed by atoms with Gasteiger partial charge in [-0.2, -0.15) is 0 Å². The van der Waals surface area contributed by atoms with E-state index in [-0.39, 0.29) is 11.8 Å². The van der Waals surface area contributed by atoms with Gasteiger partial charge in [-0.1, -0.05) is 26.2 Å². The molecule has 4 nitrogen and oxygen atoms in total. The first kappa shape index (κ1) is 11.0. The van der Waals surface area contributed by atoms with E-state index in [4.69, 9.17) is 5.11 Å². The topological polar surface area (TPSA) is 66.4 Å². The maximum Gasteiger partial charge on any atom is 0.326 e. The van der Waals surface area contributed by atoms with Crippen LogP contribution < -0.4 is 5.32 Å². The molecule has 2 N–H and O–H groups in total. The second-order valence-corrected chi connectivity index (χ2v) is 3.84. The highest BCUT2D eigenvalue weighted by atomic mass is 16.4. The molecule has 1 fully saturated rings. The molecule has 0 spiro atoms. The van der Waals surface area contributed by atoms with Gasteiger partial charge in [0.15, 0.2) is 0 Å². The average Bonchev–Trinajstić information content (AvgIpc) is 2.47.